The van der Waals surface area contributed by atoms with Crippen LogP contribution in [-0.4, -0.2) is 40.1 Å². The number of aryl methyl sites for hydroxylation is 2. The highest BCUT2D eigenvalue weighted by Crippen LogP contribution is 2.44. The van der Waals surface area contributed by atoms with Gasteiger partial charge in [0.2, 0.25) is 0 Å². The molecule has 1 heterocycles. The summed E-state index contributed by atoms with van der Waals surface area (Å²) >= 11 is 1.24. The van der Waals surface area contributed by atoms with Crippen LogP contribution in [0.15, 0.2) is 76.2 Å². The highest BCUT2D eigenvalue weighted by molar-refractivity contribution is 8.04. The number of rotatable bonds is 9. The average Bonchev–Trinajstić information content (AvgIpc) is 2.89. The number of phenolic OH excluding ortho intramolecular Hbond substituents is 1. The van der Waals surface area contributed by atoms with Crippen molar-refractivity contribution in [3.63, 3.8) is 0 Å². The van der Waals surface area contributed by atoms with Gasteiger partial charge in [0.25, 0.3) is 0 Å². The molecule has 0 amide bonds. The van der Waals surface area contributed by atoms with Crippen molar-refractivity contribution in [1.82, 2.24) is 0 Å². The molecule has 0 fully saturated rings. The van der Waals surface area contributed by atoms with Crippen LogP contribution in [0.3, 0.4) is 0 Å². The Bertz CT molecular complexity index is 1400. The quantitative estimate of drug-likeness (QED) is 0.237. The number of thioether (sulfide) groups is 1. The number of carbonyl (C=O) groups is 1. The van der Waals surface area contributed by atoms with E-state index in [9.17, 15) is 20.1 Å². The van der Waals surface area contributed by atoms with Crippen molar-refractivity contribution in [3.8, 4) is 22.6 Å². The van der Waals surface area contributed by atoms with E-state index in [0.717, 1.165) is 32.7 Å². The van der Waals surface area contributed by atoms with E-state index in [1.807, 2.05) is 50.2 Å². The van der Waals surface area contributed by atoms with E-state index < -0.39 is 11.6 Å². The molecule has 0 radical (unpaired) electrons. The Balaban J connectivity index is 1.60. The van der Waals surface area contributed by atoms with Crippen LogP contribution < -0.4 is 4.74 Å². The minimum absolute atomic E-state index is 0.0387. The van der Waals surface area contributed by atoms with Gasteiger partial charge in [-0.2, -0.15) is 0 Å². The highest BCUT2D eigenvalue weighted by atomic mass is 32.2. The van der Waals surface area contributed by atoms with Gasteiger partial charge in [-0.3, -0.25) is 0 Å². The fourth-order valence-electron chi connectivity index (χ4n) is 4.80. The van der Waals surface area contributed by atoms with E-state index >= 15 is 0 Å². The molecule has 1 aliphatic rings. The van der Waals surface area contributed by atoms with E-state index in [2.05, 4.69) is 32.9 Å². The molecule has 6 nitrogen and oxygen atoms in total. The van der Waals surface area contributed by atoms with E-state index in [-0.39, 0.29) is 41.5 Å². The standard InChI is InChI=1S/C33H38O6S/c1-21-6-12-28(38-17-16-34)25(18-21)23-9-13-29(26(19-23)32(2,3)4)40-30-27(36)20-33(5,39-31(30)37)15-14-22-7-10-24(35)11-8-22/h6-13,18-19,34-36H,14-17,20H2,1-5H3. The summed E-state index contributed by atoms with van der Waals surface area (Å²) in [6, 6.07) is 19.0. The molecule has 0 saturated carbocycles. The maximum Gasteiger partial charge on any atom is 0.348 e. The Morgan fingerprint density at radius 2 is 1.75 bits per heavy atom. The second-order valence-electron chi connectivity index (χ2n) is 11.6. The molecule has 40 heavy (non-hydrogen) atoms. The molecule has 3 N–H and O–H groups in total. The normalized spacial score (nSPS) is 17.6. The number of esters is 1. The van der Waals surface area contributed by atoms with E-state index in [4.69, 9.17) is 9.47 Å². The molecule has 1 unspecified atom stereocenters. The number of hydrogen-bond donors (Lipinski definition) is 3. The summed E-state index contributed by atoms with van der Waals surface area (Å²) in [7, 11) is 0. The van der Waals surface area contributed by atoms with E-state index in [1.54, 1.807) is 12.1 Å². The lowest BCUT2D eigenvalue weighted by atomic mass is 9.85. The van der Waals surface area contributed by atoms with Crippen LogP contribution in [0.4, 0.5) is 0 Å². The Kier molecular flexibility index (Phi) is 8.86. The molecule has 0 saturated heterocycles. The zero-order valence-corrected chi connectivity index (χ0v) is 24.6. The lowest BCUT2D eigenvalue weighted by Gasteiger charge is -2.34. The molecule has 1 aliphatic heterocycles. The molecular formula is C33H38O6S. The number of phenols is 1. The zero-order valence-electron chi connectivity index (χ0n) is 23.8. The maximum absolute atomic E-state index is 13.2. The fourth-order valence-corrected chi connectivity index (χ4v) is 5.95. The molecule has 1 atom stereocenters. The van der Waals surface area contributed by atoms with Gasteiger partial charge >= 0.3 is 5.97 Å². The van der Waals surface area contributed by atoms with Crippen LogP contribution in [0, 0.1) is 6.92 Å². The largest absolute Gasteiger partial charge is 0.511 e. The third-order valence-electron chi connectivity index (χ3n) is 7.00. The fraction of sp³-hybridized carbons (Fsp3) is 0.364. The Morgan fingerprint density at radius 3 is 2.40 bits per heavy atom. The predicted molar refractivity (Wildman–Crippen MR) is 159 cm³/mol. The van der Waals surface area contributed by atoms with E-state index in [0.29, 0.717) is 18.6 Å². The molecule has 0 spiro atoms. The number of aromatic hydroxyl groups is 1. The SMILES string of the molecule is Cc1ccc(OCCO)c(-c2ccc(SC3=C(O)CC(C)(CCc4ccc(O)cc4)OC3=O)c(C(C)(C)C)c2)c1. The van der Waals surface area contributed by atoms with Gasteiger partial charge in [-0.05, 0) is 85.2 Å². The average molecular weight is 563 g/mol. The summed E-state index contributed by atoms with van der Waals surface area (Å²) < 4.78 is 11.7. The van der Waals surface area contributed by atoms with E-state index in [1.165, 1.54) is 11.8 Å². The number of benzene rings is 3. The number of cyclic esters (lactones) is 1. The molecule has 7 heteroatoms. The molecule has 0 bridgehead atoms. The maximum atomic E-state index is 13.2. The number of carbonyl (C=O) groups excluding carboxylic acids is 1. The van der Waals surface area contributed by atoms with Crippen LogP contribution in [0.1, 0.15) is 57.2 Å². The number of ether oxygens (including phenoxy) is 2. The molecule has 0 aromatic heterocycles. The van der Waals surface area contributed by atoms with Crippen molar-refractivity contribution in [2.45, 2.75) is 69.8 Å². The number of aliphatic hydroxyl groups excluding tert-OH is 2. The van der Waals surface area contributed by atoms with Crippen LogP contribution >= 0.6 is 11.8 Å². The van der Waals surface area contributed by atoms with Crippen LogP contribution in [0.5, 0.6) is 11.5 Å². The Labute approximate surface area is 240 Å². The summed E-state index contributed by atoms with van der Waals surface area (Å²) in [6.45, 7) is 10.4. The monoisotopic (exact) mass is 562 g/mol. The number of aliphatic hydroxyl groups is 2. The first kappa shape index (κ1) is 29.6. The molecule has 0 aliphatic carbocycles. The first-order valence-electron chi connectivity index (χ1n) is 13.5. The lowest BCUT2D eigenvalue weighted by molar-refractivity contribution is -0.156. The van der Waals surface area contributed by atoms with Gasteiger partial charge in [0.05, 0.1) is 6.61 Å². The molecular weight excluding hydrogens is 524 g/mol. The topological polar surface area (TPSA) is 96.2 Å². The van der Waals surface area contributed by atoms with Crippen molar-refractivity contribution in [2.75, 3.05) is 13.2 Å². The third-order valence-corrected chi connectivity index (χ3v) is 8.18. The second-order valence-corrected chi connectivity index (χ2v) is 12.6. The van der Waals surface area contributed by atoms with Gasteiger partial charge in [0.1, 0.15) is 34.4 Å². The van der Waals surface area contributed by atoms with Crippen LogP contribution in [0.2, 0.25) is 0 Å². The van der Waals surface area contributed by atoms with Gasteiger partial charge in [-0.1, -0.05) is 62.4 Å². The zero-order chi connectivity index (χ0) is 29.1. The van der Waals surface area contributed by atoms with Gasteiger partial charge < -0.3 is 24.8 Å². The van der Waals surface area contributed by atoms with Crippen molar-refractivity contribution < 1.29 is 29.6 Å². The van der Waals surface area contributed by atoms with Crippen molar-refractivity contribution >= 4 is 17.7 Å². The minimum Gasteiger partial charge on any atom is -0.511 e. The Hall–Kier alpha value is -3.42. The van der Waals surface area contributed by atoms with Gasteiger partial charge in [0.15, 0.2) is 0 Å². The Morgan fingerprint density at radius 1 is 1.02 bits per heavy atom. The minimum atomic E-state index is -0.823. The summed E-state index contributed by atoms with van der Waals surface area (Å²) in [4.78, 5) is 14.3. The van der Waals surface area contributed by atoms with Gasteiger partial charge in [-0.25, -0.2) is 4.79 Å². The summed E-state index contributed by atoms with van der Waals surface area (Å²) in [5, 5.41) is 29.8. The third kappa shape index (κ3) is 7.01. The lowest BCUT2D eigenvalue weighted by Crippen LogP contribution is -2.37. The first-order valence-corrected chi connectivity index (χ1v) is 14.3. The predicted octanol–water partition coefficient (Wildman–Crippen LogP) is 7.24. The van der Waals surface area contributed by atoms with Crippen molar-refractivity contribution in [3.05, 3.63) is 88.0 Å². The summed E-state index contributed by atoms with van der Waals surface area (Å²) in [5.41, 5.74) is 3.97. The van der Waals surface area contributed by atoms with Crippen molar-refractivity contribution in [1.29, 1.82) is 0 Å². The summed E-state index contributed by atoms with van der Waals surface area (Å²) in [5.74, 6) is 0.419. The second kappa shape index (κ2) is 12.0. The number of hydrogen-bond acceptors (Lipinski definition) is 7. The molecule has 4 rings (SSSR count). The molecule has 3 aromatic carbocycles. The molecule has 212 valence electrons. The molecule has 3 aromatic rings. The van der Waals surface area contributed by atoms with Crippen LogP contribution in [0.25, 0.3) is 11.1 Å². The van der Waals surface area contributed by atoms with Crippen molar-refractivity contribution in [2.24, 2.45) is 0 Å². The summed E-state index contributed by atoms with van der Waals surface area (Å²) in [6.07, 6.45) is 1.43. The van der Waals surface area contributed by atoms with Gasteiger partial charge in [0, 0.05) is 16.9 Å². The van der Waals surface area contributed by atoms with Gasteiger partial charge in [-0.15, -0.1) is 0 Å². The first-order chi connectivity index (χ1) is 18.9. The highest BCUT2D eigenvalue weighted by Gasteiger charge is 2.39. The smallest absolute Gasteiger partial charge is 0.348 e. The van der Waals surface area contributed by atoms with Crippen LogP contribution in [-0.2, 0) is 21.4 Å².